The first-order valence-corrected chi connectivity index (χ1v) is 24.7. The predicted octanol–water partition coefficient (Wildman–Crippen LogP) is 4.88. The summed E-state index contributed by atoms with van der Waals surface area (Å²) >= 11 is 0. The number of hydrogen-bond donors (Lipinski definition) is 2. The van der Waals surface area contributed by atoms with Crippen LogP contribution in [-0.4, -0.2) is 116 Å². The number of anilines is 5. The number of nitrogen functional groups attached to an aromatic ring is 1. The standard InChI is InChI=1S/C24H24FN7O.C14H12N4O2S.C11H16FN3/c1-30-4-6-31(7-5-30)20-3-2-18(9-19(20)25)28-23-27-14-17-8-16(13-26)22(33)32(21(17)29-23)24-10-15(11-24)12-24;1-21(20)13-16-7-10-2-9(6-15)12(19)18(11(10)17-13)14-3-8(4-14)5-14;1-14-4-6-15(7-5-14)11-3-2-9(13)8-10(11)12/h2-3,8-9,14-15H,4-7,10-12H2,1H3,(H,27,28,29);2,7-8H,3-5H2,1H3;2-3,8H,4-7,13H2,1H3. The summed E-state index contributed by atoms with van der Waals surface area (Å²) in [5.41, 5.74) is 8.02. The molecule has 8 fully saturated rings. The Morgan fingerprint density at radius 2 is 1.14 bits per heavy atom. The van der Waals surface area contributed by atoms with E-state index >= 15 is 0 Å². The van der Waals surface area contributed by atoms with Gasteiger partial charge < -0.3 is 30.7 Å². The number of nitriles is 2. The molecule has 2 saturated heterocycles. The van der Waals surface area contributed by atoms with Gasteiger partial charge in [0.25, 0.3) is 11.1 Å². The van der Waals surface area contributed by atoms with E-state index in [1.807, 2.05) is 18.2 Å². The number of pyridine rings is 2. The fraction of sp³-hybridized carbons (Fsp3) is 0.429. The monoisotopic (exact) mass is 954 g/mol. The molecule has 6 saturated carbocycles. The van der Waals surface area contributed by atoms with Gasteiger partial charge in [0, 0.05) is 93.2 Å². The number of nitrogens with zero attached hydrogens (tertiary/aromatic N) is 12. The Bertz CT molecular complexity index is 3230. The molecule has 6 aromatic rings. The van der Waals surface area contributed by atoms with Crippen LogP contribution >= 0.6 is 0 Å². The van der Waals surface area contributed by atoms with Gasteiger partial charge in [0.15, 0.2) is 0 Å². The minimum atomic E-state index is -1.31. The van der Waals surface area contributed by atoms with Crippen molar-refractivity contribution in [1.82, 2.24) is 38.9 Å². The van der Waals surface area contributed by atoms with Crippen molar-refractivity contribution < 1.29 is 13.0 Å². The Morgan fingerprint density at radius 3 is 1.58 bits per heavy atom. The third kappa shape index (κ3) is 8.44. The second kappa shape index (κ2) is 17.9. The first-order valence-electron chi connectivity index (χ1n) is 23.2. The van der Waals surface area contributed by atoms with Crippen LogP contribution in [-0.2, 0) is 21.9 Å². The van der Waals surface area contributed by atoms with Crippen molar-refractivity contribution in [2.75, 3.05) is 93.6 Å². The lowest BCUT2D eigenvalue weighted by Crippen LogP contribution is -2.62. The molecule has 8 aliphatic rings. The van der Waals surface area contributed by atoms with Gasteiger partial charge in [-0.15, -0.1) is 0 Å². The second-order valence-electron chi connectivity index (χ2n) is 19.5. The fourth-order valence-electron chi connectivity index (χ4n) is 10.7. The molecule has 3 N–H and O–H groups in total. The summed E-state index contributed by atoms with van der Waals surface area (Å²) in [7, 11) is 2.84. The Balaban J connectivity index is 0.000000131. The SMILES string of the molecule is CN1CCN(c2ccc(N)cc2F)CC1.CN1CCN(c2ccc(Nc3ncc4cc(C#N)c(=O)n(C56CC(C5)C6)c4n3)cc2F)CC1.CS(=O)c1ncc2cc(C#N)c(=O)n(C34CC(C3)C4)c2n1. The van der Waals surface area contributed by atoms with E-state index < -0.39 is 10.8 Å². The summed E-state index contributed by atoms with van der Waals surface area (Å²) in [6, 6.07) is 17.0. The van der Waals surface area contributed by atoms with Gasteiger partial charge in [-0.25, -0.2) is 23.7 Å². The van der Waals surface area contributed by atoms with Crippen molar-refractivity contribution in [3.63, 3.8) is 0 Å². The van der Waals surface area contributed by atoms with E-state index in [1.54, 1.807) is 45.8 Å². The minimum Gasteiger partial charge on any atom is -0.399 e. The van der Waals surface area contributed by atoms with Gasteiger partial charge in [-0.2, -0.15) is 15.5 Å². The molecule has 69 heavy (non-hydrogen) atoms. The van der Waals surface area contributed by atoms with Crippen LogP contribution in [0.5, 0.6) is 0 Å². The molecule has 20 heteroatoms. The van der Waals surface area contributed by atoms with E-state index in [4.69, 9.17) is 11.0 Å². The molecule has 6 aliphatic carbocycles. The number of aromatic nitrogens is 6. The van der Waals surface area contributed by atoms with E-state index in [0.717, 1.165) is 90.9 Å². The summed E-state index contributed by atoms with van der Waals surface area (Å²) in [5, 5.41) is 23.2. The van der Waals surface area contributed by atoms with Gasteiger partial charge in [-0.05, 0) is 113 Å². The summed E-state index contributed by atoms with van der Waals surface area (Å²) in [6.07, 6.45) is 10.4. The molecule has 0 spiro atoms. The summed E-state index contributed by atoms with van der Waals surface area (Å²) in [6.45, 7) is 7.09. The van der Waals surface area contributed by atoms with Gasteiger partial charge in [-0.1, -0.05) is 0 Å². The molecule has 1 atom stereocenters. The van der Waals surface area contributed by atoms with E-state index in [-0.39, 0.29) is 50.1 Å². The average molecular weight is 955 g/mol. The van der Waals surface area contributed by atoms with Crippen molar-refractivity contribution in [3.8, 4) is 12.1 Å². The molecule has 1 unspecified atom stereocenters. The minimum absolute atomic E-state index is 0.109. The maximum absolute atomic E-state index is 14.9. The molecular formula is C49H52F2N14O3S. The molecule has 0 amide bonds. The largest absolute Gasteiger partial charge is 0.399 e. The van der Waals surface area contributed by atoms with Crippen molar-refractivity contribution in [2.45, 2.75) is 54.8 Å². The second-order valence-corrected chi connectivity index (χ2v) is 20.7. The fourth-order valence-corrected chi connectivity index (χ4v) is 11.1. The number of hydrogen-bond acceptors (Lipinski definition) is 15. The van der Waals surface area contributed by atoms with Gasteiger partial charge >= 0.3 is 0 Å². The average Bonchev–Trinajstić information content (AvgIpc) is 3.27. The lowest BCUT2D eigenvalue weighted by Gasteiger charge is -2.62. The molecule has 356 valence electrons. The van der Waals surface area contributed by atoms with Crippen LogP contribution in [0.2, 0.25) is 0 Å². The van der Waals surface area contributed by atoms with Crippen LogP contribution in [0.15, 0.2) is 75.7 Å². The number of benzene rings is 2. The molecule has 14 rings (SSSR count). The van der Waals surface area contributed by atoms with Crippen molar-refractivity contribution >= 4 is 61.6 Å². The first-order chi connectivity index (χ1) is 33.2. The molecule has 6 heterocycles. The zero-order valence-electron chi connectivity index (χ0n) is 38.7. The number of likely N-dealkylation sites (N-methyl/N-ethyl adjacent to an activating group) is 2. The smallest absolute Gasteiger partial charge is 0.270 e. The third-order valence-electron chi connectivity index (χ3n) is 14.8. The Hall–Kier alpha value is -6.87. The lowest BCUT2D eigenvalue weighted by atomic mass is 9.49. The highest BCUT2D eigenvalue weighted by molar-refractivity contribution is 7.84. The zero-order valence-corrected chi connectivity index (χ0v) is 39.5. The van der Waals surface area contributed by atoms with Crippen LogP contribution in [0, 0.1) is 46.1 Å². The number of nitrogens with two attached hydrogens (primary N) is 1. The number of rotatable bonds is 7. The Morgan fingerprint density at radius 1 is 0.681 bits per heavy atom. The molecule has 17 nitrogen and oxygen atoms in total. The lowest BCUT2D eigenvalue weighted by molar-refractivity contribution is -0.0885. The quantitative estimate of drug-likeness (QED) is 0.161. The van der Waals surface area contributed by atoms with Crippen LogP contribution in [0.3, 0.4) is 0 Å². The number of piperazine rings is 2. The van der Waals surface area contributed by atoms with Gasteiger partial charge in [0.05, 0.1) is 33.3 Å². The molecule has 2 aliphatic heterocycles. The van der Waals surface area contributed by atoms with Gasteiger partial charge in [-0.3, -0.25) is 22.9 Å². The number of halogens is 2. The van der Waals surface area contributed by atoms with Crippen molar-refractivity contribution in [2.24, 2.45) is 11.8 Å². The van der Waals surface area contributed by atoms with Gasteiger partial charge in [0.1, 0.15) is 46.2 Å². The van der Waals surface area contributed by atoms with Crippen molar-refractivity contribution in [1.29, 1.82) is 10.5 Å². The van der Waals surface area contributed by atoms with E-state index in [0.29, 0.717) is 62.6 Å². The maximum Gasteiger partial charge on any atom is 0.270 e. The molecule has 2 aromatic carbocycles. The Kier molecular flexibility index (Phi) is 11.9. The van der Waals surface area contributed by atoms with E-state index in [9.17, 15) is 27.8 Å². The zero-order chi connectivity index (χ0) is 48.4. The Labute approximate surface area is 399 Å². The van der Waals surface area contributed by atoms with Crippen molar-refractivity contribution in [3.05, 3.63) is 104 Å². The third-order valence-corrected chi connectivity index (χ3v) is 15.5. The highest BCUT2D eigenvalue weighted by Crippen LogP contribution is 2.63. The highest BCUT2D eigenvalue weighted by Gasteiger charge is 2.60. The van der Waals surface area contributed by atoms with Gasteiger partial charge in [0.2, 0.25) is 11.1 Å². The predicted molar refractivity (Wildman–Crippen MR) is 260 cm³/mol. The summed E-state index contributed by atoms with van der Waals surface area (Å²) < 4.78 is 43.4. The van der Waals surface area contributed by atoms with Crippen LogP contribution in [0.1, 0.15) is 49.7 Å². The van der Waals surface area contributed by atoms with Crippen LogP contribution < -0.4 is 32.0 Å². The number of nitrogens with one attached hydrogen (secondary N) is 1. The summed E-state index contributed by atoms with van der Waals surface area (Å²) in [4.78, 5) is 51.5. The maximum atomic E-state index is 14.9. The normalized spacial score (nSPS) is 23.9. The molecular weight excluding hydrogens is 903 g/mol. The van der Waals surface area contributed by atoms with Crippen LogP contribution in [0.4, 0.5) is 37.5 Å². The summed E-state index contributed by atoms with van der Waals surface area (Å²) in [5.74, 6) is 1.13. The molecule has 4 bridgehead atoms. The topological polar surface area (TPSA) is 211 Å². The number of fused-ring (bicyclic) bond motifs is 2. The highest BCUT2D eigenvalue weighted by atomic mass is 32.2. The van der Waals surface area contributed by atoms with E-state index in [1.165, 1.54) is 24.5 Å². The van der Waals surface area contributed by atoms with E-state index in [2.05, 4.69) is 58.9 Å². The molecule has 0 radical (unpaired) electrons. The van der Waals surface area contributed by atoms with Crippen LogP contribution in [0.25, 0.3) is 22.1 Å². The first kappa shape index (κ1) is 45.9. The molecule has 4 aromatic heterocycles.